The molecule has 16 heavy (non-hydrogen) atoms. The summed E-state index contributed by atoms with van der Waals surface area (Å²) in [6, 6.07) is 7.49. The zero-order valence-corrected chi connectivity index (χ0v) is 9.34. The van der Waals surface area contributed by atoms with Crippen molar-refractivity contribution in [2.75, 3.05) is 19.4 Å². The summed E-state index contributed by atoms with van der Waals surface area (Å²) >= 11 is 0. The maximum Gasteiger partial charge on any atom is 0.270 e. The summed E-state index contributed by atoms with van der Waals surface area (Å²) in [6.45, 7) is 0.853. The largest absolute Gasteiger partial charge is 0.411 e. The number of hydrogen-bond acceptors (Lipinski definition) is 4. The van der Waals surface area contributed by atoms with Gasteiger partial charge in [-0.3, -0.25) is 4.79 Å². The molecule has 0 spiro atoms. The molecule has 0 unspecified atom stereocenters. The van der Waals surface area contributed by atoms with Gasteiger partial charge in [0.25, 0.3) is 5.91 Å². The zero-order chi connectivity index (χ0) is 12.0. The number of anilines is 1. The fourth-order valence-corrected chi connectivity index (χ4v) is 1.29. The van der Waals surface area contributed by atoms with E-state index in [1.165, 1.54) is 5.56 Å². The van der Waals surface area contributed by atoms with E-state index in [-0.39, 0.29) is 0 Å². The predicted octanol–water partition coefficient (Wildman–Crippen LogP) is 1.15. The van der Waals surface area contributed by atoms with Gasteiger partial charge in [0, 0.05) is 12.2 Å². The second-order valence-electron chi connectivity index (χ2n) is 3.67. The van der Waals surface area contributed by atoms with E-state index in [2.05, 4.69) is 15.4 Å². The van der Waals surface area contributed by atoms with E-state index in [0.29, 0.717) is 5.69 Å². The van der Waals surface area contributed by atoms with Gasteiger partial charge in [0.05, 0.1) is 0 Å². The minimum atomic E-state index is -0.456. The number of oxime groups is 1. The van der Waals surface area contributed by atoms with Crippen LogP contribution in [0.25, 0.3) is 0 Å². The molecule has 2 N–H and O–H groups in total. The van der Waals surface area contributed by atoms with E-state index in [0.717, 1.165) is 12.8 Å². The summed E-state index contributed by atoms with van der Waals surface area (Å²) < 4.78 is 0. The third-order valence-corrected chi connectivity index (χ3v) is 1.90. The molecule has 0 atom stereocenters. The fraction of sp³-hybridized carbons (Fsp3) is 0.273. The highest BCUT2D eigenvalue weighted by Gasteiger charge is 1.99. The molecular formula is C11H15N3O2. The van der Waals surface area contributed by atoms with Gasteiger partial charge in [-0.2, -0.15) is 0 Å². The molecule has 0 radical (unpaired) electrons. The maximum atomic E-state index is 11.0. The van der Waals surface area contributed by atoms with Crippen LogP contribution in [0, 0.1) is 0 Å². The number of benzene rings is 1. The van der Waals surface area contributed by atoms with Gasteiger partial charge in [0.1, 0.15) is 6.21 Å². The van der Waals surface area contributed by atoms with Crippen molar-refractivity contribution in [2.45, 2.75) is 6.54 Å². The van der Waals surface area contributed by atoms with E-state index in [9.17, 15) is 4.79 Å². The van der Waals surface area contributed by atoms with Crippen molar-refractivity contribution in [3.63, 3.8) is 0 Å². The Morgan fingerprint density at radius 2 is 2.06 bits per heavy atom. The van der Waals surface area contributed by atoms with Gasteiger partial charge in [-0.15, -0.1) is 0 Å². The van der Waals surface area contributed by atoms with Crippen LogP contribution in [-0.2, 0) is 11.3 Å². The van der Waals surface area contributed by atoms with Crippen LogP contribution in [0.5, 0.6) is 0 Å². The van der Waals surface area contributed by atoms with E-state index in [4.69, 9.17) is 5.21 Å². The summed E-state index contributed by atoms with van der Waals surface area (Å²) in [7, 11) is 3.99. The molecule has 86 valence electrons. The molecular weight excluding hydrogens is 206 g/mol. The molecule has 1 aromatic rings. The van der Waals surface area contributed by atoms with Crippen LogP contribution in [0.3, 0.4) is 0 Å². The highest BCUT2D eigenvalue weighted by molar-refractivity contribution is 6.31. The average Bonchev–Trinajstić information content (AvgIpc) is 2.20. The highest BCUT2D eigenvalue weighted by atomic mass is 16.4. The van der Waals surface area contributed by atoms with E-state index < -0.39 is 5.91 Å². The lowest BCUT2D eigenvalue weighted by atomic mass is 10.2. The van der Waals surface area contributed by atoms with Crippen molar-refractivity contribution in [3.8, 4) is 0 Å². The van der Waals surface area contributed by atoms with Gasteiger partial charge >= 0.3 is 0 Å². The lowest BCUT2D eigenvalue weighted by Crippen LogP contribution is -2.13. The molecule has 0 aliphatic rings. The monoisotopic (exact) mass is 221 g/mol. The summed E-state index contributed by atoms with van der Waals surface area (Å²) in [5.74, 6) is -0.456. The minimum Gasteiger partial charge on any atom is -0.411 e. The van der Waals surface area contributed by atoms with Crippen molar-refractivity contribution in [1.82, 2.24) is 4.90 Å². The lowest BCUT2D eigenvalue weighted by Gasteiger charge is -2.10. The smallest absolute Gasteiger partial charge is 0.270 e. The third-order valence-electron chi connectivity index (χ3n) is 1.90. The summed E-state index contributed by atoms with van der Waals surface area (Å²) in [4.78, 5) is 13.1. The summed E-state index contributed by atoms with van der Waals surface area (Å²) in [5, 5.41) is 13.4. The quantitative estimate of drug-likeness (QED) is 0.455. The number of carbonyl (C=O) groups is 1. The van der Waals surface area contributed by atoms with Crippen LogP contribution in [0.4, 0.5) is 5.69 Å². The van der Waals surface area contributed by atoms with Gasteiger partial charge < -0.3 is 15.4 Å². The molecule has 1 aromatic carbocycles. The Bertz CT molecular complexity index is 371. The first-order chi connectivity index (χ1) is 7.61. The number of nitrogens with zero attached hydrogens (tertiary/aromatic N) is 2. The van der Waals surface area contributed by atoms with Gasteiger partial charge in [0.2, 0.25) is 0 Å². The van der Waals surface area contributed by atoms with E-state index in [1.54, 1.807) is 0 Å². The van der Waals surface area contributed by atoms with Gasteiger partial charge in [0.15, 0.2) is 0 Å². The van der Waals surface area contributed by atoms with Crippen molar-refractivity contribution < 1.29 is 10.0 Å². The Morgan fingerprint density at radius 3 is 2.56 bits per heavy atom. The van der Waals surface area contributed by atoms with Gasteiger partial charge in [-0.25, -0.2) is 0 Å². The number of hydrogen-bond donors (Lipinski definition) is 2. The number of rotatable bonds is 4. The fourth-order valence-electron chi connectivity index (χ4n) is 1.29. The van der Waals surface area contributed by atoms with E-state index >= 15 is 0 Å². The second-order valence-corrected chi connectivity index (χ2v) is 3.67. The van der Waals surface area contributed by atoms with Crippen LogP contribution in [0.2, 0.25) is 0 Å². The number of amides is 1. The van der Waals surface area contributed by atoms with Crippen molar-refractivity contribution in [2.24, 2.45) is 5.16 Å². The molecule has 0 fully saturated rings. The molecule has 0 saturated heterocycles. The van der Waals surface area contributed by atoms with Crippen LogP contribution < -0.4 is 5.32 Å². The van der Waals surface area contributed by atoms with Crippen LogP contribution in [0.1, 0.15) is 5.56 Å². The van der Waals surface area contributed by atoms with Crippen LogP contribution in [0.15, 0.2) is 29.4 Å². The highest BCUT2D eigenvalue weighted by Crippen LogP contribution is 2.10. The topological polar surface area (TPSA) is 64.9 Å². The molecule has 5 nitrogen and oxygen atoms in total. The van der Waals surface area contributed by atoms with Crippen molar-refractivity contribution >= 4 is 17.8 Å². The second kappa shape index (κ2) is 5.87. The lowest BCUT2D eigenvalue weighted by molar-refractivity contribution is -0.110. The van der Waals surface area contributed by atoms with E-state index in [1.807, 2.05) is 38.4 Å². The standard InChI is InChI=1S/C11H15N3O2/c1-14(2)8-9-3-5-10(6-4-9)13-11(15)7-12-16/h3-7,16H,8H2,1-2H3,(H,13,15)/b12-7+. The molecule has 5 heteroatoms. The molecule has 0 saturated carbocycles. The first-order valence-electron chi connectivity index (χ1n) is 4.84. The molecule has 0 aliphatic heterocycles. The van der Waals surface area contributed by atoms with Crippen molar-refractivity contribution in [3.05, 3.63) is 29.8 Å². The Labute approximate surface area is 94.4 Å². The minimum absolute atomic E-state index is 0.456. The Balaban J connectivity index is 2.61. The first kappa shape index (κ1) is 12.2. The van der Waals surface area contributed by atoms with Gasteiger partial charge in [-0.05, 0) is 31.8 Å². The van der Waals surface area contributed by atoms with Gasteiger partial charge in [-0.1, -0.05) is 17.3 Å². The Kier molecular flexibility index (Phi) is 4.47. The molecule has 0 aliphatic carbocycles. The number of carbonyl (C=O) groups excluding carboxylic acids is 1. The molecule has 1 amide bonds. The summed E-state index contributed by atoms with van der Waals surface area (Å²) in [6.07, 6.45) is 0.813. The van der Waals surface area contributed by atoms with Crippen LogP contribution >= 0.6 is 0 Å². The Hall–Kier alpha value is -1.88. The molecule has 0 heterocycles. The number of nitrogens with one attached hydrogen (secondary N) is 1. The predicted molar refractivity (Wildman–Crippen MR) is 62.7 cm³/mol. The Morgan fingerprint density at radius 1 is 1.44 bits per heavy atom. The average molecular weight is 221 g/mol. The normalized spacial score (nSPS) is 10.9. The maximum absolute atomic E-state index is 11.0. The SMILES string of the molecule is CN(C)Cc1ccc(NC(=O)/C=N/O)cc1. The van der Waals surface area contributed by atoms with Crippen molar-refractivity contribution in [1.29, 1.82) is 0 Å². The first-order valence-corrected chi connectivity index (χ1v) is 4.84. The molecule has 0 aromatic heterocycles. The molecule has 1 rings (SSSR count). The third kappa shape index (κ3) is 4.10. The molecule has 0 bridgehead atoms. The summed E-state index contributed by atoms with van der Waals surface area (Å²) in [5.41, 5.74) is 1.84. The zero-order valence-electron chi connectivity index (χ0n) is 9.34. The van der Waals surface area contributed by atoms with Crippen LogP contribution in [-0.4, -0.2) is 36.3 Å².